The first-order valence-electron chi connectivity index (χ1n) is 6.61. The van der Waals surface area contributed by atoms with Crippen LogP contribution in [0.5, 0.6) is 0 Å². The Morgan fingerprint density at radius 3 is 2.81 bits per heavy atom. The molecule has 3 aromatic rings. The zero-order valence-electron chi connectivity index (χ0n) is 11.7. The molecule has 0 aliphatic heterocycles. The SMILES string of the molecule is Cc1ccc(C(C)Nc2nc3cc(Cl)ccc3s2)cc1F. The van der Waals surface area contributed by atoms with E-state index in [-0.39, 0.29) is 11.9 Å². The summed E-state index contributed by atoms with van der Waals surface area (Å²) in [5.74, 6) is -0.183. The van der Waals surface area contributed by atoms with E-state index in [2.05, 4.69) is 10.3 Å². The number of thiazole rings is 1. The third-order valence-corrected chi connectivity index (χ3v) is 4.59. The maximum Gasteiger partial charge on any atom is 0.184 e. The Hall–Kier alpha value is -1.65. The van der Waals surface area contributed by atoms with E-state index in [1.54, 1.807) is 30.4 Å². The van der Waals surface area contributed by atoms with Crippen molar-refractivity contribution in [3.8, 4) is 0 Å². The molecule has 2 aromatic carbocycles. The first-order valence-corrected chi connectivity index (χ1v) is 7.81. The zero-order chi connectivity index (χ0) is 15.0. The van der Waals surface area contributed by atoms with Gasteiger partial charge in [-0.3, -0.25) is 0 Å². The van der Waals surface area contributed by atoms with Crippen LogP contribution in [0, 0.1) is 12.7 Å². The van der Waals surface area contributed by atoms with Gasteiger partial charge in [0.2, 0.25) is 0 Å². The van der Waals surface area contributed by atoms with E-state index in [9.17, 15) is 4.39 Å². The molecule has 1 N–H and O–H groups in total. The number of anilines is 1. The smallest absolute Gasteiger partial charge is 0.184 e. The van der Waals surface area contributed by atoms with E-state index >= 15 is 0 Å². The number of aryl methyl sites for hydroxylation is 1. The van der Waals surface area contributed by atoms with E-state index in [0.29, 0.717) is 10.6 Å². The first-order chi connectivity index (χ1) is 10.0. The summed E-state index contributed by atoms with van der Waals surface area (Å²) in [7, 11) is 0. The standard InChI is InChI=1S/C16H14ClFN2S/c1-9-3-4-11(7-13(9)18)10(2)19-16-20-14-8-12(17)5-6-15(14)21-16/h3-8,10H,1-2H3,(H,19,20). The van der Waals surface area contributed by atoms with Crippen molar-refractivity contribution in [1.29, 1.82) is 0 Å². The summed E-state index contributed by atoms with van der Waals surface area (Å²) in [5.41, 5.74) is 2.42. The van der Waals surface area contributed by atoms with Gasteiger partial charge in [-0.2, -0.15) is 0 Å². The van der Waals surface area contributed by atoms with Crippen LogP contribution in [0.4, 0.5) is 9.52 Å². The van der Waals surface area contributed by atoms with Crippen molar-refractivity contribution in [2.24, 2.45) is 0 Å². The van der Waals surface area contributed by atoms with E-state index in [1.165, 1.54) is 0 Å². The van der Waals surface area contributed by atoms with Crippen molar-refractivity contribution in [2.45, 2.75) is 19.9 Å². The number of hydrogen-bond acceptors (Lipinski definition) is 3. The number of nitrogens with one attached hydrogen (secondary N) is 1. The predicted molar refractivity (Wildman–Crippen MR) is 87.8 cm³/mol. The largest absolute Gasteiger partial charge is 0.355 e. The molecule has 1 heterocycles. The molecule has 0 saturated carbocycles. The highest BCUT2D eigenvalue weighted by Gasteiger charge is 2.11. The van der Waals surface area contributed by atoms with Gasteiger partial charge in [0.05, 0.1) is 16.3 Å². The molecule has 21 heavy (non-hydrogen) atoms. The molecule has 3 rings (SSSR count). The van der Waals surface area contributed by atoms with Crippen molar-refractivity contribution in [3.63, 3.8) is 0 Å². The predicted octanol–water partition coefficient (Wildman–Crippen LogP) is 5.57. The molecule has 1 aromatic heterocycles. The van der Waals surface area contributed by atoms with Gasteiger partial charge in [0.1, 0.15) is 5.82 Å². The van der Waals surface area contributed by atoms with Gasteiger partial charge < -0.3 is 5.32 Å². The Balaban J connectivity index is 1.85. The molecule has 1 atom stereocenters. The van der Waals surface area contributed by atoms with Crippen LogP contribution in [0.1, 0.15) is 24.1 Å². The highest BCUT2D eigenvalue weighted by atomic mass is 35.5. The topological polar surface area (TPSA) is 24.9 Å². The van der Waals surface area contributed by atoms with Crippen molar-refractivity contribution in [2.75, 3.05) is 5.32 Å². The van der Waals surface area contributed by atoms with Crippen LogP contribution in [0.25, 0.3) is 10.2 Å². The maximum absolute atomic E-state index is 13.6. The molecule has 5 heteroatoms. The summed E-state index contributed by atoms with van der Waals surface area (Å²) in [6.45, 7) is 3.75. The lowest BCUT2D eigenvalue weighted by Crippen LogP contribution is -2.06. The van der Waals surface area contributed by atoms with Gasteiger partial charge in [-0.1, -0.05) is 35.1 Å². The molecule has 0 spiro atoms. The Morgan fingerprint density at radius 2 is 2.05 bits per heavy atom. The van der Waals surface area contributed by atoms with Gasteiger partial charge in [-0.05, 0) is 49.2 Å². The lowest BCUT2D eigenvalue weighted by Gasteiger charge is -2.13. The number of halogens is 2. The van der Waals surface area contributed by atoms with Gasteiger partial charge in [0, 0.05) is 5.02 Å². The molecular weight excluding hydrogens is 307 g/mol. The van der Waals surface area contributed by atoms with Crippen molar-refractivity contribution in [3.05, 3.63) is 58.4 Å². The molecule has 2 nitrogen and oxygen atoms in total. The van der Waals surface area contributed by atoms with E-state index < -0.39 is 0 Å². The molecule has 0 radical (unpaired) electrons. The summed E-state index contributed by atoms with van der Waals surface area (Å²) >= 11 is 7.53. The quantitative estimate of drug-likeness (QED) is 0.682. The summed E-state index contributed by atoms with van der Waals surface area (Å²) in [5, 5.41) is 4.79. The second-order valence-electron chi connectivity index (χ2n) is 5.01. The average molecular weight is 321 g/mol. The molecule has 1 unspecified atom stereocenters. The summed E-state index contributed by atoms with van der Waals surface area (Å²) in [4.78, 5) is 4.51. The lowest BCUT2D eigenvalue weighted by molar-refractivity contribution is 0.614. The molecule has 0 saturated heterocycles. The molecule has 0 amide bonds. The lowest BCUT2D eigenvalue weighted by atomic mass is 10.1. The van der Waals surface area contributed by atoms with Gasteiger partial charge in [0.25, 0.3) is 0 Å². The number of rotatable bonds is 3. The van der Waals surface area contributed by atoms with Crippen LogP contribution < -0.4 is 5.32 Å². The molecule has 0 aliphatic rings. The number of hydrogen-bond donors (Lipinski definition) is 1. The Bertz CT molecular complexity index is 800. The fraction of sp³-hybridized carbons (Fsp3) is 0.188. The average Bonchev–Trinajstić information content (AvgIpc) is 2.83. The van der Waals surface area contributed by atoms with E-state index in [1.807, 2.05) is 31.2 Å². The Kier molecular flexibility index (Phi) is 3.83. The molecule has 0 aliphatic carbocycles. The van der Waals surface area contributed by atoms with Gasteiger partial charge in [-0.25, -0.2) is 9.37 Å². The highest BCUT2D eigenvalue weighted by Crippen LogP contribution is 2.30. The Morgan fingerprint density at radius 1 is 1.24 bits per heavy atom. The zero-order valence-corrected chi connectivity index (χ0v) is 13.2. The maximum atomic E-state index is 13.6. The van der Waals surface area contributed by atoms with Gasteiger partial charge >= 0.3 is 0 Å². The van der Waals surface area contributed by atoms with Crippen LogP contribution in [0.3, 0.4) is 0 Å². The minimum absolute atomic E-state index is 0.0175. The summed E-state index contributed by atoms with van der Waals surface area (Å²) in [6.07, 6.45) is 0. The van der Waals surface area contributed by atoms with Crippen LogP contribution in [-0.4, -0.2) is 4.98 Å². The third-order valence-electron chi connectivity index (χ3n) is 3.39. The molecular formula is C16H14ClFN2S. The fourth-order valence-electron chi connectivity index (χ4n) is 2.11. The fourth-order valence-corrected chi connectivity index (χ4v) is 3.21. The van der Waals surface area contributed by atoms with Gasteiger partial charge in [0.15, 0.2) is 5.13 Å². The van der Waals surface area contributed by atoms with Crippen LogP contribution in [-0.2, 0) is 0 Å². The number of aromatic nitrogens is 1. The van der Waals surface area contributed by atoms with E-state index in [4.69, 9.17) is 11.6 Å². The van der Waals surface area contributed by atoms with E-state index in [0.717, 1.165) is 20.9 Å². The van der Waals surface area contributed by atoms with Crippen molar-refractivity contribution in [1.82, 2.24) is 4.98 Å². The van der Waals surface area contributed by atoms with Crippen LogP contribution >= 0.6 is 22.9 Å². The third kappa shape index (κ3) is 3.01. The minimum Gasteiger partial charge on any atom is -0.355 e. The molecule has 0 fully saturated rings. The van der Waals surface area contributed by atoms with Gasteiger partial charge in [-0.15, -0.1) is 0 Å². The highest BCUT2D eigenvalue weighted by molar-refractivity contribution is 7.22. The van der Waals surface area contributed by atoms with Crippen molar-refractivity contribution < 1.29 is 4.39 Å². The summed E-state index contributed by atoms with van der Waals surface area (Å²) in [6, 6.07) is 10.9. The second kappa shape index (κ2) is 5.62. The number of fused-ring (bicyclic) bond motifs is 1. The monoisotopic (exact) mass is 320 g/mol. The number of nitrogens with zero attached hydrogens (tertiary/aromatic N) is 1. The van der Waals surface area contributed by atoms with Crippen LogP contribution in [0.15, 0.2) is 36.4 Å². The number of benzene rings is 2. The molecule has 0 bridgehead atoms. The Labute approximate surface area is 131 Å². The normalized spacial score (nSPS) is 12.6. The molecule has 108 valence electrons. The van der Waals surface area contributed by atoms with Crippen molar-refractivity contribution >= 4 is 38.3 Å². The van der Waals surface area contributed by atoms with Crippen LogP contribution in [0.2, 0.25) is 5.02 Å². The minimum atomic E-state index is -0.183. The second-order valence-corrected chi connectivity index (χ2v) is 6.47. The summed E-state index contributed by atoms with van der Waals surface area (Å²) < 4.78 is 14.7. The first kappa shape index (κ1) is 14.3.